The molecular formula is C21H18N6O3. The van der Waals surface area contributed by atoms with Crippen molar-refractivity contribution in [2.24, 2.45) is 0 Å². The summed E-state index contributed by atoms with van der Waals surface area (Å²) in [6.45, 7) is 2.37. The van der Waals surface area contributed by atoms with Crippen molar-refractivity contribution in [1.29, 1.82) is 0 Å². The Kier molecular flexibility index (Phi) is 4.20. The number of rotatable bonds is 5. The average Bonchev–Trinajstić information content (AvgIpc) is 3.40. The summed E-state index contributed by atoms with van der Waals surface area (Å²) in [7, 11) is 1.61. The standard InChI is InChI=1S/C21H18N6O3/c1-3-30-17-6-7-22-20-18(17)27(21(28)26-20)13-4-5-16-14(8-13)19(29-2)15(11-23-16)12-9-24-25-10-12/h4-11H,3H2,1-2H3,(H,24,25)(H,22,26,28). The molecule has 0 bridgehead atoms. The van der Waals surface area contributed by atoms with E-state index in [9.17, 15) is 4.79 Å². The van der Waals surface area contributed by atoms with Crippen LogP contribution in [-0.4, -0.2) is 43.4 Å². The lowest BCUT2D eigenvalue weighted by atomic mass is 10.1. The van der Waals surface area contributed by atoms with Gasteiger partial charge in [-0.05, 0) is 25.1 Å². The van der Waals surface area contributed by atoms with Crippen molar-refractivity contribution >= 4 is 22.1 Å². The Morgan fingerprint density at radius 2 is 2.07 bits per heavy atom. The Hall–Kier alpha value is -4.14. The van der Waals surface area contributed by atoms with Crippen molar-refractivity contribution < 1.29 is 9.47 Å². The first-order chi connectivity index (χ1) is 14.7. The second-order valence-corrected chi connectivity index (χ2v) is 6.60. The van der Waals surface area contributed by atoms with Gasteiger partial charge in [-0.3, -0.25) is 19.6 Å². The van der Waals surface area contributed by atoms with Gasteiger partial charge in [0.05, 0.1) is 31.1 Å². The number of aromatic nitrogens is 6. The van der Waals surface area contributed by atoms with E-state index in [4.69, 9.17) is 9.47 Å². The lowest BCUT2D eigenvalue weighted by Gasteiger charge is -2.12. The molecule has 0 unspecified atom stereocenters. The molecule has 0 aliphatic heterocycles. The van der Waals surface area contributed by atoms with Gasteiger partial charge < -0.3 is 9.47 Å². The molecular weight excluding hydrogens is 384 g/mol. The second-order valence-electron chi connectivity index (χ2n) is 6.60. The number of imidazole rings is 1. The largest absolute Gasteiger partial charge is 0.495 e. The number of hydrogen-bond acceptors (Lipinski definition) is 6. The van der Waals surface area contributed by atoms with Crippen LogP contribution < -0.4 is 15.2 Å². The van der Waals surface area contributed by atoms with Gasteiger partial charge in [-0.25, -0.2) is 9.78 Å². The fourth-order valence-electron chi connectivity index (χ4n) is 3.64. The van der Waals surface area contributed by atoms with Gasteiger partial charge in [-0.15, -0.1) is 0 Å². The van der Waals surface area contributed by atoms with E-state index >= 15 is 0 Å². The molecule has 0 saturated heterocycles. The van der Waals surface area contributed by atoms with Crippen LogP contribution in [0.25, 0.3) is 38.9 Å². The third-order valence-electron chi connectivity index (χ3n) is 4.91. The summed E-state index contributed by atoms with van der Waals surface area (Å²) < 4.78 is 13.0. The van der Waals surface area contributed by atoms with Crippen LogP contribution in [0.5, 0.6) is 11.5 Å². The number of aromatic amines is 2. The first kappa shape index (κ1) is 17.9. The zero-order valence-electron chi connectivity index (χ0n) is 16.3. The highest BCUT2D eigenvalue weighted by Crippen LogP contribution is 2.36. The molecule has 30 heavy (non-hydrogen) atoms. The summed E-state index contributed by atoms with van der Waals surface area (Å²) in [5.41, 5.74) is 3.81. The number of methoxy groups -OCH3 is 1. The van der Waals surface area contributed by atoms with E-state index in [1.165, 1.54) is 0 Å². The van der Waals surface area contributed by atoms with Crippen LogP contribution in [0.1, 0.15) is 6.92 Å². The topological polar surface area (TPSA) is 111 Å². The lowest BCUT2D eigenvalue weighted by Crippen LogP contribution is -2.15. The number of H-pyrrole nitrogens is 2. The predicted octanol–water partition coefficient (Wildman–Crippen LogP) is 3.06. The van der Waals surface area contributed by atoms with Crippen molar-refractivity contribution in [1.82, 2.24) is 29.7 Å². The van der Waals surface area contributed by atoms with Gasteiger partial charge in [0.25, 0.3) is 0 Å². The fourth-order valence-corrected chi connectivity index (χ4v) is 3.64. The minimum Gasteiger partial charge on any atom is -0.495 e. The van der Waals surface area contributed by atoms with Gasteiger partial charge in [0.15, 0.2) is 5.65 Å². The molecule has 4 heterocycles. The van der Waals surface area contributed by atoms with Gasteiger partial charge in [0.2, 0.25) is 0 Å². The molecule has 9 heteroatoms. The Morgan fingerprint density at radius 3 is 2.83 bits per heavy atom. The SMILES string of the molecule is CCOc1ccnc2[nH]c(=O)n(-c3ccc4ncc(-c5cn[nH]c5)c(OC)c4c3)c12. The Labute approximate surface area is 170 Å². The fraction of sp³-hybridized carbons (Fsp3) is 0.143. The molecule has 0 amide bonds. The summed E-state index contributed by atoms with van der Waals surface area (Å²) >= 11 is 0. The molecule has 0 atom stereocenters. The van der Waals surface area contributed by atoms with E-state index < -0.39 is 0 Å². The minimum absolute atomic E-state index is 0.304. The minimum atomic E-state index is -0.304. The molecule has 5 aromatic rings. The monoisotopic (exact) mass is 402 g/mol. The Bertz CT molecular complexity index is 1420. The van der Waals surface area contributed by atoms with Gasteiger partial charge in [0.1, 0.15) is 17.0 Å². The molecule has 0 saturated carbocycles. The maximum absolute atomic E-state index is 12.8. The van der Waals surface area contributed by atoms with Crippen molar-refractivity contribution in [3.05, 3.63) is 59.5 Å². The quantitative estimate of drug-likeness (QED) is 0.467. The summed E-state index contributed by atoms with van der Waals surface area (Å²) in [6.07, 6.45) is 6.84. The Balaban J connectivity index is 1.79. The molecule has 5 rings (SSSR count). The summed E-state index contributed by atoms with van der Waals surface area (Å²) in [5.74, 6) is 1.23. The average molecular weight is 402 g/mol. The van der Waals surface area contributed by atoms with Crippen molar-refractivity contribution in [3.63, 3.8) is 0 Å². The Morgan fingerprint density at radius 1 is 1.17 bits per heavy atom. The van der Waals surface area contributed by atoms with Gasteiger partial charge in [0, 0.05) is 41.2 Å². The summed E-state index contributed by atoms with van der Waals surface area (Å²) in [5, 5.41) is 7.58. The van der Waals surface area contributed by atoms with Crippen LogP contribution in [0.4, 0.5) is 0 Å². The number of fused-ring (bicyclic) bond motifs is 2. The highest BCUT2D eigenvalue weighted by atomic mass is 16.5. The zero-order chi connectivity index (χ0) is 20.7. The van der Waals surface area contributed by atoms with Crippen LogP contribution in [0.3, 0.4) is 0 Å². The molecule has 0 aliphatic rings. The number of nitrogens with one attached hydrogen (secondary N) is 2. The molecule has 0 fully saturated rings. The van der Waals surface area contributed by atoms with E-state index in [0.717, 1.165) is 22.0 Å². The van der Waals surface area contributed by atoms with Gasteiger partial charge in [-0.2, -0.15) is 5.10 Å². The van der Waals surface area contributed by atoms with Gasteiger partial charge >= 0.3 is 5.69 Å². The number of pyridine rings is 2. The van der Waals surface area contributed by atoms with Crippen LogP contribution in [-0.2, 0) is 0 Å². The third-order valence-corrected chi connectivity index (χ3v) is 4.91. The smallest absolute Gasteiger partial charge is 0.332 e. The second kappa shape index (κ2) is 7.03. The van der Waals surface area contributed by atoms with Crippen molar-refractivity contribution in [3.8, 4) is 28.3 Å². The third kappa shape index (κ3) is 2.71. The van der Waals surface area contributed by atoms with E-state index in [1.807, 2.05) is 25.1 Å². The summed E-state index contributed by atoms with van der Waals surface area (Å²) in [6, 6.07) is 7.32. The first-order valence-corrected chi connectivity index (χ1v) is 9.40. The number of hydrogen-bond donors (Lipinski definition) is 2. The lowest BCUT2D eigenvalue weighted by molar-refractivity contribution is 0.343. The zero-order valence-corrected chi connectivity index (χ0v) is 16.3. The van der Waals surface area contributed by atoms with Crippen LogP contribution in [0, 0.1) is 0 Å². The van der Waals surface area contributed by atoms with E-state index in [0.29, 0.717) is 35.0 Å². The highest BCUT2D eigenvalue weighted by Gasteiger charge is 2.17. The molecule has 2 N–H and O–H groups in total. The van der Waals surface area contributed by atoms with E-state index in [2.05, 4.69) is 25.1 Å². The number of ether oxygens (including phenoxy) is 2. The van der Waals surface area contributed by atoms with Crippen molar-refractivity contribution in [2.75, 3.05) is 13.7 Å². The molecule has 0 radical (unpaired) electrons. The normalized spacial score (nSPS) is 11.3. The van der Waals surface area contributed by atoms with Crippen LogP contribution in [0.15, 0.2) is 53.8 Å². The maximum atomic E-state index is 12.8. The number of nitrogens with zero attached hydrogens (tertiary/aromatic N) is 4. The number of benzene rings is 1. The summed E-state index contributed by atoms with van der Waals surface area (Å²) in [4.78, 5) is 24.4. The van der Waals surface area contributed by atoms with E-state index in [1.54, 1.807) is 42.5 Å². The highest BCUT2D eigenvalue weighted by molar-refractivity contribution is 5.93. The van der Waals surface area contributed by atoms with Crippen molar-refractivity contribution in [2.45, 2.75) is 6.92 Å². The van der Waals surface area contributed by atoms with Gasteiger partial charge in [-0.1, -0.05) is 0 Å². The molecule has 9 nitrogen and oxygen atoms in total. The molecule has 1 aromatic carbocycles. The van der Waals surface area contributed by atoms with E-state index in [-0.39, 0.29) is 5.69 Å². The van der Waals surface area contributed by atoms with Crippen LogP contribution in [0.2, 0.25) is 0 Å². The maximum Gasteiger partial charge on any atom is 0.332 e. The molecule has 4 aromatic heterocycles. The van der Waals surface area contributed by atoms with Crippen LogP contribution >= 0.6 is 0 Å². The molecule has 150 valence electrons. The molecule has 0 aliphatic carbocycles. The molecule has 0 spiro atoms. The predicted molar refractivity (Wildman–Crippen MR) is 112 cm³/mol. The first-order valence-electron chi connectivity index (χ1n) is 9.40.